The Bertz CT molecular complexity index is 432. The summed E-state index contributed by atoms with van der Waals surface area (Å²) in [7, 11) is 2.03. The second kappa shape index (κ2) is 5.80. The average Bonchev–Trinajstić information content (AvgIpc) is 2.28. The third kappa shape index (κ3) is 3.09. The van der Waals surface area contributed by atoms with Gasteiger partial charge in [-0.15, -0.1) is 0 Å². The number of nitrogens with one attached hydrogen (secondary N) is 1. The molecule has 1 N–H and O–H groups in total. The van der Waals surface area contributed by atoms with E-state index in [0.717, 1.165) is 25.9 Å². The Labute approximate surface area is 114 Å². The SMILES string of the molecule is CN1CCCC(NC(=O)c2c(F)cccc2Br)C1. The minimum atomic E-state index is -0.494. The first-order valence-corrected chi connectivity index (χ1v) is 6.80. The van der Waals surface area contributed by atoms with E-state index in [0.29, 0.717) is 4.47 Å². The van der Waals surface area contributed by atoms with Crippen molar-refractivity contribution in [2.75, 3.05) is 20.1 Å². The quantitative estimate of drug-likeness (QED) is 0.909. The summed E-state index contributed by atoms with van der Waals surface area (Å²) < 4.78 is 14.1. The van der Waals surface area contributed by atoms with Crippen LogP contribution in [0.5, 0.6) is 0 Å². The number of carbonyl (C=O) groups is 1. The van der Waals surface area contributed by atoms with Crippen LogP contribution in [0, 0.1) is 5.82 Å². The van der Waals surface area contributed by atoms with Crippen molar-refractivity contribution in [3.8, 4) is 0 Å². The zero-order valence-corrected chi connectivity index (χ0v) is 11.8. The molecule has 1 aromatic rings. The van der Waals surface area contributed by atoms with E-state index in [1.165, 1.54) is 6.07 Å². The zero-order chi connectivity index (χ0) is 13.1. The predicted molar refractivity (Wildman–Crippen MR) is 72.1 cm³/mol. The van der Waals surface area contributed by atoms with Gasteiger partial charge >= 0.3 is 0 Å². The highest BCUT2D eigenvalue weighted by atomic mass is 79.9. The van der Waals surface area contributed by atoms with E-state index >= 15 is 0 Å². The Kier molecular flexibility index (Phi) is 4.35. The summed E-state index contributed by atoms with van der Waals surface area (Å²) in [5.74, 6) is -0.841. The van der Waals surface area contributed by atoms with Crippen LogP contribution in [0.15, 0.2) is 22.7 Å². The summed E-state index contributed by atoms with van der Waals surface area (Å²) >= 11 is 3.21. The van der Waals surface area contributed by atoms with Gasteiger partial charge in [0.2, 0.25) is 0 Å². The Morgan fingerprint density at radius 3 is 3.00 bits per heavy atom. The summed E-state index contributed by atoms with van der Waals surface area (Å²) in [4.78, 5) is 14.2. The maximum atomic E-state index is 13.6. The topological polar surface area (TPSA) is 32.3 Å². The number of likely N-dealkylation sites (N-methyl/N-ethyl adjacent to an activating group) is 1. The normalized spacial score (nSPS) is 20.7. The summed E-state index contributed by atoms with van der Waals surface area (Å²) in [6.45, 7) is 1.87. The van der Waals surface area contributed by atoms with E-state index in [2.05, 4.69) is 26.1 Å². The highest BCUT2D eigenvalue weighted by Gasteiger charge is 2.22. The van der Waals surface area contributed by atoms with E-state index in [-0.39, 0.29) is 17.5 Å². The highest BCUT2D eigenvalue weighted by molar-refractivity contribution is 9.10. The molecule has 1 heterocycles. The van der Waals surface area contributed by atoms with Gasteiger partial charge in [-0.25, -0.2) is 4.39 Å². The van der Waals surface area contributed by atoms with Crippen LogP contribution in [0.2, 0.25) is 0 Å². The fourth-order valence-electron chi connectivity index (χ4n) is 2.26. The number of hydrogen-bond acceptors (Lipinski definition) is 2. The van der Waals surface area contributed by atoms with Gasteiger partial charge < -0.3 is 10.2 Å². The van der Waals surface area contributed by atoms with Crippen molar-refractivity contribution >= 4 is 21.8 Å². The third-order valence-electron chi connectivity index (χ3n) is 3.15. The Hall–Kier alpha value is -0.940. The van der Waals surface area contributed by atoms with Gasteiger partial charge in [0.15, 0.2) is 0 Å². The number of amides is 1. The molecule has 0 saturated carbocycles. The van der Waals surface area contributed by atoms with Crippen molar-refractivity contribution < 1.29 is 9.18 Å². The largest absolute Gasteiger partial charge is 0.348 e. The fourth-order valence-corrected chi connectivity index (χ4v) is 2.78. The lowest BCUT2D eigenvalue weighted by Crippen LogP contribution is -2.46. The molecule has 0 spiro atoms. The third-order valence-corrected chi connectivity index (χ3v) is 3.81. The van der Waals surface area contributed by atoms with Crippen LogP contribution in [-0.4, -0.2) is 37.0 Å². The summed E-state index contributed by atoms with van der Waals surface area (Å²) in [5.41, 5.74) is 0.0886. The van der Waals surface area contributed by atoms with Crippen LogP contribution >= 0.6 is 15.9 Å². The van der Waals surface area contributed by atoms with Crippen LogP contribution in [0.4, 0.5) is 4.39 Å². The van der Waals surface area contributed by atoms with Gasteiger partial charge in [0.25, 0.3) is 5.91 Å². The molecule has 0 radical (unpaired) electrons. The molecule has 1 fully saturated rings. The molecule has 0 aliphatic carbocycles. The molecule has 18 heavy (non-hydrogen) atoms. The Morgan fingerprint density at radius 2 is 2.33 bits per heavy atom. The molecule has 2 rings (SSSR count). The average molecular weight is 315 g/mol. The molecule has 1 aliphatic heterocycles. The number of piperidine rings is 1. The van der Waals surface area contributed by atoms with Crippen molar-refractivity contribution in [3.05, 3.63) is 34.1 Å². The maximum Gasteiger partial charge on any atom is 0.255 e. The first kappa shape index (κ1) is 13.5. The van der Waals surface area contributed by atoms with E-state index in [1.807, 2.05) is 7.05 Å². The number of halogens is 2. The summed E-state index contributed by atoms with van der Waals surface area (Å²) in [6, 6.07) is 4.64. The Morgan fingerprint density at radius 1 is 1.56 bits per heavy atom. The minimum Gasteiger partial charge on any atom is -0.348 e. The molecule has 3 nitrogen and oxygen atoms in total. The molecule has 1 unspecified atom stereocenters. The number of likely N-dealkylation sites (tertiary alicyclic amines) is 1. The molecule has 0 bridgehead atoms. The standard InChI is InChI=1S/C13H16BrFN2O/c1-17-7-3-4-9(8-17)16-13(18)12-10(14)5-2-6-11(12)15/h2,5-6,9H,3-4,7-8H2,1H3,(H,16,18). The number of carbonyl (C=O) groups excluding carboxylic acids is 1. The second-order valence-electron chi connectivity index (χ2n) is 4.67. The lowest BCUT2D eigenvalue weighted by atomic mass is 10.1. The molecule has 1 amide bonds. The molecule has 1 aliphatic rings. The fraction of sp³-hybridized carbons (Fsp3) is 0.462. The zero-order valence-electron chi connectivity index (χ0n) is 10.2. The number of benzene rings is 1. The minimum absolute atomic E-state index is 0.0886. The van der Waals surface area contributed by atoms with Crippen LogP contribution in [0.25, 0.3) is 0 Å². The van der Waals surface area contributed by atoms with Gasteiger partial charge in [0.1, 0.15) is 5.82 Å². The van der Waals surface area contributed by atoms with Crippen LogP contribution in [-0.2, 0) is 0 Å². The van der Waals surface area contributed by atoms with Crippen LogP contribution < -0.4 is 5.32 Å². The van der Waals surface area contributed by atoms with Crippen LogP contribution in [0.1, 0.15) is 23.2 Å². The van der Waals surface area contributed by atoms with Crippen molar-refractivity contribution in [1.82, 2.24) is 10.2 Å². The van der Waals surface area contributed by atoms with E-state index in [9.17, 15) is 9.18 Å². The highest BCUT2D eigenvalue weighted by Crippen LogP contribution is 2.20. The predicted octanol–water partition coefficient (Wildman–Crippen LogP) is 2.41. The van der Waals surface area contributed by atoms with Gasteiger partial charge in [-0.2, -0.15) is 0 Å². The number of rotatable bonds is 2. The van der Waals surface area contributed by atoms with E-state index in [1.54, 1.807) is 12.1 Å². The van der Waals surface area contributed by atoms with Crippen molar-refractivity contribution in [2.24, 2.45) is 0 Å². The number of hydrogen-bond donors (Lipinski definition) is 1. The second-order valence-corrected chi connectivity index (χ2v) is 5.53. The lowest BCUT2D eigenvalue weighted by molar-refractivity contribution is 0.0907. The van der Waals surface area contributed by atoms with Gasteiger partial charge in [0.05, 0.1) is 5.56 Å². The van der Waals surface area contributed by atoms with Crippen LogP contribution in [0.3, 0.4) is 0 Å². The summed E-state index contributed by atoms with van der Waals surface area (Å²) in [5, 5.41) is 2.90. The number of nitrogens with zero attached hydrogens (tertiary/aromatic N) is 1. The first-order valence-electron chi connectivity index (χ1n) is 6.01. The molecular weight excluding hydrogens is 299 g/mol. The van der Waals surface area contributed by atoms with Crippen molar-refractivity contribution in [1.29, 1.82) is 0 Å². The molecule has 5 heteroatoms. The van der Waals surface area contributed by atoms with E-state index in [4.69, 9.17) is 0 Å². The molecular formula is C13H16BrFN2O. The molecule has 1 saturated heterocycles. The molecule has 0 aromatic heterocycles. The van der Waals surface area contributed by atoms with Crippen molar-refractivity contribution in [3.63, 3.8) is 0 Å². The maximum absolute atomic E-state index is 13.6. The molecule has 98 valence electrons. The van der Waals surface area contributed by atoms with Gasteiger partial charge in [0, 0.05) is 17.1 Å². The van der Waals surface area contributed by atoms with Crippen molar-refractivity contribution in [2.45, 2.75) is 18.9 Å². The van der Waals surface area contributed by atoms with Gasteiger partial charge in [-0.1, -0.05) is 6.07 Å². The molecule has 1 atom stereocenters. The van der Waals surface area contributed by atoms with Gasteiger partial charge in [-0.3, -0.25) is 4.79 Å². The summed E-state index contributed by atoms with van der Waals surface area (Å²) in [6.07, 6.45) is 2.00. The van der Waals surface area contributed by atoms with E-state index < -0.39 is 5.82 Å². The monoisotopic (exact) mass is 314 g/mol. The first-order chi connectivity index (χ1) is 8.58. The molecule has 1 aromatic carbocycles. The Balaban J connectivity index is 2.07. The smallest absolute Gasteiger partial charge is 0.255 e. The van der Waals surface area contributed by atoms with Gasteiger partial charge in [-0.05, 0) is 54.5 Å². The lowest BCUT2D eigenvalue weighted by Gasteiger charge is -2.30.